The Kier molecular flexibility index (Phi) is 8.58. The molecule has 3 rings (SSSR count). The van der Waals surface area contributed by atoms with E-state index in [1.807, 2.05) is 13.8 Å². The summed E-state index contributed by atoms with van der Waals surface area (Å²) in [5.74, 6) is -1.64. The van der Waals surface area contributed by atoms with Gasteiger partial charge in [0.2, 0.25) is 0 Å². The number of carbonyl (C=O) groups is 1. The van der Waals surface area contributed by atoms with E-state index in [-0.39, 0.29) is 47.7 Å². The predicted octanol–water partition coefficient (Wildman–Crippen LogP) is 4.09. The van der Waals surface area contributed by atoms with Gasteiger partial charge in [0.15, 0.2) is 16.9 Å². The lowest BCUT2D eigenvalue weighted by molar-refractivity contribution is -0.0500. The third kappa shape index (κ3) is 6.09. The number of esters is 1. The Morgan fingerprint density at radius 1 is 1.16 bits per heavy atom. The standard InChI is InChI=1S/C24H28F3NO8S/c1-5-34-23(30)17-13-28-18(14(2)3)9-15-10-21(35-8-6-7-33-4)22(36-37(31,32)24(25,26)27)11-16(15)19(28)12-20(17)29/h10-14,18H,5-9H2,1-4H3. The van der Waals surface area contributed by atoms with Crippen LogP contribution in [0.25, 0.3) is 11.3 Å². The number of benzene rings is 1. The Morgan fingerprint density at radius 3 is 2.46 bits per heavy atom. The second-order valence-electron chi connectivity index (χ2n) is 8.71. The first kappa shape index (κ1) is 28.5. The highest BCUT2D eigenvalue weighted by Gasteiger charge is 2.49. The third-order valence-electron chi connectivity index (χ3n) is 5.81. The zero-order chi connectivity index (χ0) is 27.5. The van der Waals surface area contributed by atoms with E-state index < -0.39 is 32.8 Å². The van der Waals surface area contributed by atoms with Crippen LogP contribution < -0.4 is 14.3 Å². The molecule has 0 fully saturated rings. The highest BCUT2D eigenvalue weighted by atomic mass is 32.2. The SMILES string of the molecule is CCOC(=O)c1cn2c(cc1=O)-c1cc(OS(=O)(=O)C(F)(F)F)c(OCCCOC)cc1CC2C(C)C. The monoisotopic (exact) mass is 547 g/mol. The number of nitrogens with zero attached hydrogens (tertiary/aromatic N) is 1. The van der Waals surface area contributed by atoms with E-state index in [0.717, 1.165) is 6.07 Å². The van der Waals surface area contributed by atoms with Crippen LogP contribution in [0.3, 0.4) is 0 Å². The summed E-state index contributed by atoms with van der Waals surface area (Å²) in [6, 6.07) is 3.48. The fourth-order valence-electron chi connectivity index (χ4n) is 4.02. The van der Waals surface area contributed by atoms with Gasteiger partial charge in [0, 0.05) is 44.0 Å². The van der Waals surface area contributed by atoms with E-state index in [2.05, 4.69) is 4.18 Å². The molecule has 204 valence electrons. The maximum atomic E-state index is 13.1. The number of aromatic nitrogens is 1. The van der Waals surface area contributed by atoms with Crippen molar-refractivity contribution in [1.29, 1.82) is 0 Å². The number of methoxy groups -OCH3 is 1. The molecule has 1 aliphatic rings. The molecule has 1 aromatic heterocycles. The van der Waals surface area contributed by atoms with Crippen LogP contribution >= 0.6 is 0 Å². The molecule has 0 bridgehead atoms. The van der Waals surface area contributed by atoms with Crippen molar-refractivity contribution in [2.75, 3.05) is 26.9 Å². The molecule has 1 atom stereocenters. The lowest BCUT2D eigenvalue weighted by atomic mass is 9.87. The first-order valence-electron chi connectivity index (χ1n) is 11.5. The van der Waals surface area contributed by atoms with Crippen LogP contribution in [-0.2, 0) is 26.0 Å². The van der Waals surface area contributed by atoms with Crippen molar-refractivity contribution < 1.29 is 44.8 Å². The molecule has 0 aliphatic carbocycles. The van der Waals surface area contributed by atoms with Crippen LogP contribution in [0, 0.1) is 5.92 Å². The number of alkyl halides is 3. The van der Waals surface area contributed by atoms with Crippen LogP contribution in [0.2, 0.25) is 0 Å². The number of hydrogen-bond acceptors (Lipinski definition) is 8. The van der Waals surface area contributed by atoms with E-state index in [1.54, 1.807) is 11.5 Å². The van der Waals surface area contributed by atoms with Crippen LogP contribution in [-0.4, -0.2) is 51.4 Å². The molecule has 1 aliphatic heterocycles. The number of rotatable bonds is 10. The zero-order valence-corrected chi connectivity index (χ0v) is 21.6. The minimum Gasteiger partial charge on any atom is -0.490 e. The number of halogens is 3. The Morgan fingerprint density at radius 2 is 1.86 bits per heavy atom. The Hall–Kier alpha value is -3.06. The summed E-state index contributed by atoms with van der Waals surface area (Å²) in [4.78, 5) is 25.1. The molecule has 0 saturated heterocycles. The van der Waals surface area contributed by atoms with Crippen LogP contribution in [0.4, 0.5) is 13.2 Å². The molecule has 0 N–H and O–H groups in total. The summed E-state index contributed by atoms with van der Waals surface area (Å²) in [5.41, 5.74) is -5.32. The molecule has 13 heteroatoms. The summed E-state index contributed by atoms with van der Waals surface area (Å²) in [7, 11) is -4.53. The lowest BCUT2D eigenvalue weighted by Crippen LogP contribution is -2.29. The number of hydrogen-bond donors (Lipinski definition) is 0. The summed E-state index contributed by atoms with van der Waals surface area (Å²) < 4.78 is 84.6. The van der Waals surface area contributed by atoms with Crippen LogP contribution in [0.5, 0.6) is 11.5 Å². The highest BCUT2D eigenvalue weighted by Crippen LogP contribution is 2.44. The third-order valence-corrected chi connectivity index (χ3v) is 6.78. The smallest absolute Gasteiger partial charge is 0.490 e. The van der Waals surface area contributed by atoms with Crippen molar-refractivity contribution in [3.8, 4) is 22.8 Å². The molecule has 0 amide bonds. The Bertz CT molecular complexity index is 1320. The zero-order valence-electron chi connectivity index (χ0n) is 20.8. The van der Waals surface area contributed by atoms with E-state index in [9.17, 15) is 31.2 Å². The van der Waals surface area contributed by atoms with E-state index in [0.29, 0.717) is 25.0 Å². The van der Waals surface area contributed by atoms with Gasteiger partial charge in [0.1, 0.15) is 5.56 Å². The summed E-state index contributed by atoms with van der Waals surface area (Å²) >= 11 is 0. The number of carbonyl (C=O) groups excluding carboxylic acids is 1. The highest BCUT2D eigenvalue weighted by molar-refractivity contribution is 7.88. The topological polar surface area (TPSA) is 110 Å². The van der Waals surface area contributed by atoms with Crippen molar-refractivity contribution in [2.24, 2.45) is 5.92 Å². The fourth-order valence-corrected chi connectivity index (χ4v) is 4.48. The maximum absolute atomic E-state index is 13.1. The molecule has 0 saturated carbocycles. The molecular weight excluding hydrogens is 519 g/mol. The summed E-state index contributed by atoms with van der Waals surface area (Å²) in [5, 5.41) is 0. The summed E-state index contributed by atoms with van der Waals surface area (Å²) in [6.45, 7) is 5.90. The van der Waals surface area contributed by atoms with Gasteiger partial charge in [0.25, 0.3) is 0 Å². The summed E-state index contributed by atoms with van der Waals surface area (Å²) in [6.07, 6.45) is 2.12. The van der Waals surface area contributed by atoms with Gasteiger partial charge >= 0.3 is 21.6 Å². The van der Waals surface area contributed by atoms with Crippen LogP contribution in [0.15, 0.2) is 29.2 Å². The van der Waals surface area contributed by atoms with Gasteiger partial charge in [-0.25, -0.2) is 4.79 Å². The van der Waals surface area contributed by atoms with Crippen LogP contribution in [0.1, 0.15) is 49.2 Å². The minimum absolute atomic E-state index is 0.0250. The van der Waals surface area contributed by atoms with Gasteiger partial charge in [-0.15, -0.1) is 0 Å². The molecule has 0 spiro atoms. The van der Waals surface area contributed by atoms with Crippen molar-refractivity contribution in [1.82, 2.24) is 4.57 Å². The first-order valence-corrected chi connectivity index (χ1v) is 12.9. The van der Waals surface area contributed by atoms with Crippen molar-refractivity contribution in [2.45, 2.75) is 45.2 Å². The lowest BCUT2D eigenvalue weighted by Gasteiger charge is -2.34. The van der Waals surface area contributed by atoms with E-state index >= 15 is 0 Å². The van der Waals surface area contributed by atoms with Crippen molar-refractivity contribution in [3.05, 3.63) is 45.7 Å². The molecule has 9 nitrogen and oxygen atoms in total. The molecule has 2 heterocycles. The van der Waals surface area contributed by atoms with Gasteiger partial charge in [-0.3, -0.25) is 4.79 Å². The second-order valence-corrected chi connectivity index (χ2v) is 10.3. The Balaban J connectivity index is 2.20. The van der Waals surface area contributed by atoms with Crippen molar-refractivity contribution in [3.63, 3.8) is 0 Å². The average molecular weight is 548 g/mol. The second kappa shape index (κ2) is 11.1. The molecule has 0 radical (unpaired) electrons. The maximum Gasteiger partial charge on any atom is 0.534 e. The Labute approximate surface area is 212 Å². The van der Waals surface area contributed by atoms with Gasteiger partial charge in [-0.2, -0.15) is 21.6 Å². The fraction of sp³-hybridized carbons (Fsp3) is 0.500. The molecule has 2 aromatic rings. The van der Waals surface area contributed by atoms with Gasteiger partial charge in [0.05, 0.1) is 18.9 Å². The number of ether oxygens (including phenoxy) is 3. The molecular formula is C24H28F3NO8S. The number of pyridine rings is 1. The van der Waals surface area contributed by atoms with Gasteiger partial charge in [-0.1, -0.05) is 13.8 Å². The predicted molar refractivity (Wildman–Crippen MR) is 127 cm³/mol. The molecule has 1 aromatic carbocycles. The normalized spacial score (nSPS) is 15.2. The molecule has 37 heavy (non-hydrogen) atoms. The van der Waals surface area contributed by atoms with Gasteiger partial charge < -0.3 is 23.0 Å². The quantitative estimate of drug-likeness (QED) is 0.189. The molecule has 1 unspecified atom stereocenters. The number of fused-ring (bicyclic) bond motifs is 3. The van der Waals surface area contributed by atoms with Gasteiger partial charge in [-0.05, 0) is 37.0 Å². The first-order chi connectivity index (χ1) is 17.3. The largest absolute Gasteiger partial charge is 0.534 e. The minimum atomic E-state index is -6.00. The average Bonchev–Trinajstić information content (AvgIpc) is 2.80. The van der Waals surface area contributed by atoms with E-state index in [1.165, 1.54) is 25.4 Å². The van der Waals surface area contributed by atoms with Crippen molar-refractivity contribution >= 4 is 16.1 Å². The van der Waals surface area contributed by atoms with E-state index in [4.69, 9.17) is 14.2 Å².